The van der Waals surface area contributed by atoms with Crippen molar-refractivity contribution in [3.8, 4) is 22.8 Å². The van der Waals surface area contributed by atoms with Gasteiger partial charge in [0.2, 0.25) is 5.91 Å². The first-order valence-corrected chi connectivity index (χ1v) is 10.5. The zero-order chi connectivity index (χ0) is 23.4. The summed E-state index contributed by atoms with van der Waals surface area (Å²) in [4.78, 5) is 29.7. The highest BCUT2D eigenvalue weighted by Gasteiger charge is 2.17. The quantitative estimate of drug-likeness (QED) is 0.438. The van der Waals surface area contributed by atoms with Crippen LogP contribution in [-0.2, 0) is 17.8 Å². The summed E-state index contributed by atoms with van der Waals surface area (Å²) in [5.41, 5.74) is 3.08. The van der Waals surface area contributed by atoms with Crippen LogP contribution in [0.25, 0.3) is 22.4 Å². The highest BCUT2D eigenvalue weighted by Crippen LogP contribution is 2.29. The molecule has 1 amide bonds. The zero-order valence-corrected chi connectivity index (χ0v) is 18.6. The summed E-state index contributed by atoms with van der Waals surface area (Å²) in [5.74, 6) is 0.802. The number of fused-ring (bicyclic) bond motifs is 1. The Labute approximate surface area is 189 Å². The molecule has 2 aromatic heterocycles. The molecular weight excluding hydrogens is 424 g/mol. The molecule has 0 aliphatic heterocycles. The summed E-state index contributed by atoms with van der Waals surface area (Å²) in [6, 6.07) is 13.0. The Balaban J connectivity index is 1.50. The topological polar surface area (TPSA) is 108 Å². The van der Waals surface area contributed by atoms with E-state index in [2.05, 4.69) is 22.4 Å². The lowest BCUT2D eigenvalue weighted by molar-refractivity contribution is -0.116. The van der Waals surface area contributed by atoms with Gasteiger partial charge in [0, 0.05) is 24.6 Å². The molecule has 2 aromatic carbocycles. The van der Waals surface area contributed by atoms with Gasteiger partial charge in [0.25, 0.3) is 11.1 Å². The van der Waals surface area contributed by atoms with Crippen LogP contribution >= 0.6 is 0 Å². The van der Waals surface area contributed by atoms with E-state index >= 15 is 0 Å². The van der Waals surface area contributed by atoms with Gasteiger partial charge in [-0.2, -0.15) is 0 Å². The average molecular weight is 448 g/mol. The van der Waals surface area contributed by atoms with Crippen molar-refractivity contribution >= 4 is 22.7 Å². The van der Waals surface area contributed by atoms with E-state index in [4.69, 9.17) is 14.0 Å². The number of hydrogen-bond donors (Lipinski definition) is 1. The lowest BCUT2D eigenvalue weighted by Gasteiger charge is -2.12. The molecule has 0 saturated heterocycles. The Hall–Kier alpha value is -4.14. The van der Waals surface area contributed by atoms with Gasteiger partial charge in [0.15, 0.2) is 0 Å². The predicted molar refractivity (Wildman–Crippen MR) is 124 cm³/mol. The smallest absolute Gasteiger partial charge is 0.299 e. The molecule has 0 saturated carbocycles. The van der Waals surface area contributed by atoms with Gasteiger partial charge in [-0.25, -0.2) is 4.98 Å². The molecule has 0 radical (unpaired) electrons. The van der Waals surface area contributed by atoms with E-state index in [1.54, 1.807) is 18.2 Å². The van der Waals surface area contributed by atoms with Gasteiger partial charge in [-0.3, -0.25) is 14.2 Å². The number of amides is 1. The van der Waals surface area contributed by atoms with Crippen LogP contribution in [0.4, 0.5) is 5.69 Å². The second-order valence-corrected chi connectivity index (χ2v) is 7.37. The summed E-state index contributed by atoms with van der Waals surface area (Å²) in [6.07, 6.45) is 2.39. The van der Waals surface area contributed by atoms with Gasteiger partial charge >= 0.3 is 0 Å². The fraction of sp³-hybridized carbons (Fsp3) is 0.250. The first-order valence-electron chi connectivity index (χ1n) is 10.5. The van der Waals surface area contributed by atoms with E-state index in [-0.39, 0.29) is 24.5 Å². The molecule has 0 spiro atoms. The molecule has 2 heterocycles. The van der Waals surface area contributed by atoms with Gasteiger partial charge in [-0.1, -0.05) is 36.3 Å². The Morgan fingerprint density at radius 3 is 2.61 bits per heavy atom. The van der Waals surface area contributed by atoms with Crippen molar-refractivity contribution < 1.29 is 18.8 Å². The van der Waals surface area contributed by atoms with E-state index in [0.29, 0.717) is 28.4 Å². The largest absolute Gasteiger partial charge is 0.497 e. The van der Waals surface area contributed by atoms with Crippen molar-refractivity contribution in [1.29, 1.82) is 0 Å². The number of aromatic nitrogens is 3. The minimum Gasteiger partial charge on any atom is -0.497 e. The zero-order valence-electron chi connectivity index (χ0n) is 18.6. The molecule has 1 N–H and O–H groups in total. The normalized spacial score (nSPS) is 10.9. The third-order valence-electron chi connectivity index (χ3n) is 5.35. The molecule has 4 aromatic rings. The Morgan fingerprint density at radius 2 is 1.91 bits per heavy atom. The van der Waals surface area contributed by atoms with Crippen molar-refractivity contribution in [1.82, 2.24) is 14.7 Å². The Kier molecular flexibility index (Phi) is 6.39. The highest BCUT2D eigenvalue weighted by molar-refractivity contribution is 5.92. The number of carbonyl (C=O) groups excluding carboxylic acids is 1. The van der Waals surface area contributed by atoms with Crippen molar-refractivity contribution in [3.63, 3.8) is 0 Å². The predicted octanol–water partition coefficient (Wildman–Crippen LogP) is 3.66. The van der Waals surface area contributed by atoms with E-state index < -0.39 is 5.56 Å². The third-order valence-corrected chi connectivity index (χ3v) is 5.35. The summed E-state index contributed by atoms with van der Waals surface area (Å²) in [7, 11) is 3.06. The van der Waals surface area contributed by atoms with E-state index in [9.17, 15) is 9.59 Å². The summed E-state index contributed by atoms with van der Waals surface area (Å²) < 4.78 is 17.1. The fourth-order valence-electron chi connectivity index (χ4n) is 3.45. The lowest BCUT2D eigenvalue weighted by atomic mass is 10.1. The van der Waals surface area contributed by atoms with Gasteiger partial charge < -0.3 is 19.3 Å². The number of ether oxygens (including phenoxy) is 2. The van der Waals surface area contributed by atoms with Crippen molar-refractivity contribution in [2.45, 2.75) is 26.3 Å². The van der Waals surface area contributed by atoms with Crippen LogP contribution in [0.5, 0.6) is 11.5 Å². The highest BCUT2D eigenvalue weighted by atomic mass is 16.5. The molecule has 0 fully saturated rings. The molecule has 9 heteroatoms. The molecule has 0 atom stereocenters. The lowest BCUT2D eigenvalue weighted by Crippen LogP contribution is -2.23. The maximum Gasteiger partial charge on any atom is 0.299 e. The number of benzene rings is 2. The van der Waals surface area contributed by atoms with Gasteiger partial charge in [-0.05, 0) is 24.1 Å². The Bertz CT molecular complexity index is 1340. The maximum atomic E-state index is 12.8. The van der Waals surface area contributed by atoms with Crippen molar-refractivity contribution in [3.05, 3.63) is 64.7 Å². The minimum atomic E-state index is -0.393. The van der Waals surface area contributed by atoms with Crippen LogP contribution < -0.4 is 20.3 Å². The third kappa shape index (κ3) is 4.57. The molecule has 0 unspecified atom stereocenters. The second-order valence-electron chi connectivity index (χ2n) is 7.37. The molecule has 0 bridgehead atoms. The minimum absolute atomic E-state index is 0.0485. The average Bonchev–Trinajstić information content (AvgIpc) is 3.28. The standard InChI is InChI=1S/C24H24N4O5/c1-4-15-5-7-16(8-6-15)21-22-23(33-27-21)24(30)28(14-25-22)12-11-20(29)26-18-13-17(31-2)9-10-19(18)32-3/h5-10,13-14H,4,11-12H2,1-3H3,(H,26,29). The second kappa shape index (κ2) is 9.56. The number of nitrogens with one attached hydrogen (secondary N) is 1. The number of nitrogens with zero attached hydrogens (tertiary/aromatic N) is 3. The van der Waals surface area contributed by atoms with E-state index in [1.165, 1.54) is 30.7 Å². The number of hydrogen-bond acceptors (Lipinski definition) is 7. The molecule has 33 heavy (non-hydrogen) atoms. The maximum absolute atomic E-state index is 12.8. The van der Waals surface area contributed by atoms with E-state index in [1.807, 2.05) is 24.3 Å². The number of rotatable bonds is 8. The van der Waals surface area contributed by atoms with Gasteiger partial charge in [0.05, 0.1) is 26.2 Å². The Morgan fingerprint density at radius 1 is 1.12 bits per heavy atom. The van der Waals surface area contributed by atoms with E-state index in [0.717, 1.165) is 12.0 Å². The molecule has 0 aliphatic carbocycles. The van der Waals surface area contributed by atoms with Crippen molar-refractivity contribution in [2.24, 2.45) is 0 Å². The van der Waals surface area contributed by atoms with Crippen LogP contribution in [-0.4, -0.2) is 34.8 Å². The molecule has 0 aliphatic rings. The molecule has 170 valence electrons. The van der Waals surface area contributed by atoms with Crippen LogP contribution in [0.15, 0.2) is 58.1 Å². The molecule has 4 rings (SSSR count). The molecular formula is C24H24N4O5. The number of anilines is 1. The number of aryl methyl sites for hydroxylation is 2. The van der Waals surface area contributed by atoms with Crippen LogP contribution in [0, 0.1) is 0 Å². The van der Waals surface area contributed by atoms with Crippen LogP contribution in [0.1, 0.15) is 18.9 Å². The fourth-order valence-corrected chi connectivity index (χ4v) is 3.45. The first kappa shape index (κ1) is 22.1. The number of methoxy groups -OCH3 is 2. The monoisotopic (exact) mass is 448 g/mol. The first-order chi connectivity index (χ1) is 16.0. The molecule has 9 nitrogen and oxygen atoms in total. The number of carbonyl (C=O) groups is 1. The van der Waals surface area contributed by atoms with Crippen LogP contribution in [0.3, 0.4) is 0 Å². The summed E-state index contributed by atoms with van der Waals surface area (Å²) in [6.45, 7) is 2.21. The van der Waals surface area contributed by atoms with Crippen molar-refractivity contribution in [2.75, 3.05) is 19.5 Å². The van der Waals surface area contributed by atoms with Gasteiger partial charge in [0.1, 0.15) is 22.7 Å². The van der Waals surface area contributed by atoms with Crippen LogP contribution in [0.2, 0.25) is 0 Å². The SMILES string of the molecule is CCc1ccc(-c2noc3c(=O)n(CCC(=O)Nc4cc(OC)ccc4OC)cnc23)cc1. The summed E-state index contributed by atoms with van der Waals surface area (Å²) in [5, 5.41) is 6.84. The van der Waals surface area contributed by atoms with Gasteiger partial charge in [-0.15, -0.1) is 0 Å². The summed E-state index contributed by atoms with van der Waals surface area (Å²) >= 11 is 0.